The molecule has 29 heavy (non-hydrogen) atoms. The first-order chi connectivity index (χ1) is 13.5. The fourth-order valence-corrected chi connectivity index (χ4v) is 3.43. The molecule has 1 aromatic heterocycles. The molecule has 2 unspecified atom stereocenters. The van der Waals surface area contributed by atoms with E-state index in [0.717, 1.165) is 17.7 Å². The highest BCUT2D eigenvalue weighted by Crippen LogP contribution is 2.24. The van der Waals surface area contributed by atoms with Crippen molar-refractivity contribution in [1.82, 2.24) is 10.3 Å². The summed E-state index contributed by atoms with van der Waals surface area (Å²) in [4.78, 5) is 28.7. The molecule has 0 radical (unpaired) electrons. The van der Waals surface area contributed by atoms with Crippen LogP contribution >= 0.6 is 12.4 Å². The van der Waals surface area contributed by atoms with Crippen LogP contribution in [-0.4, -0.2) is 42.3 Å². The number of nitrogens with one attached hydrogen (secondary N) is 2. The Morgan fingerprint density at radius 1 is 1.21 bits per heavy atom. The molecule has 1 aromatic carbocycles. The quantitative estimate of drug-likeness (QED) is 0.288. The van der Waals surface area contributed by atoms with Gasteiger partial charge in [0.15, 0.2) is 5.78 Å². The number of nitrogens with two attached hydrogens (primary N) is 1. The van der Waals surface area contributed by atoms with E-state index in [1.807, 2.05) is 12.1 Å². The van der Waals surface area contributed by atoms with E-state index in [1.54, 1.807) is 30.5 Å². The predicted octanol–water partition coefficient (Wildman–Crippen LogP) is 2.57. The molecule has 0 bridgehead atoms. The zero-order chi connectivity index (χ0) is 20.1. The third kappa shape index (κ3) is 5.62. The minimum Gasteiger partial charge on any atom is -0.469 e. The number of halogens is 1. The summed E-state index contributed by atoms with van der Waals surface area (Å²) < 4.78 is 4.74. The first-order valence-electron chi connectivity index (χ1n) is 9.23. The van der Waals surface area contributed by atoms with Gasteiger partial charge in [-0.3, -0.25) is 20.0 Å². The Balaban J connectivity index is 0.00000300. The van der Waals surface area contributed by atoms with Crippen molar-refractivity contribution in [3.63, 3.8) is 0 Å². The lowest BCUT2D eigenvalue weighted by molar-refractivity contribution is -0.142. The summed E-state index contributed by atoms with van der Waals surface area (Å²) in [7, 11) is 1.39. The van der Waals surface area contributed by atoms with Crippen LogP contribution < -0.4 is 11.1 Å². The van der Waals surface area contributed by atoms with Crippen LogP contribution in [0.5, 0.6) is 0 Å². The SMILES string of the molecule is COC(=O)CC1CCNC(C(=O)c2ccc(-c3ccc(C(=N)N)cn3)cc2)C1.Cl. The number of esters is 1. The van der Waals surface area contributed by atoms with Crippen molar-refractivity contribution < 1.29 is 14.3 Å². The van der Waals surface area contributed by atoms with Gasteiger partial charge in [0.25, 0.3) is 0 Å². The molecule has 0 saturated carbocycles. The number of pyridine rings is 1. The van der Waals surface area contributed by atoms with Gasteiger partial charge in [0.05, 0.1) is 18.8 Å². The number of ketones is 1. The molecular formula is C21H25ClN4O3. The van der Waals surface area contributed by atoms with E-state index in [0.29, 0.717) is 30.5 Å². The number of hydrogen-bond donors (Lipinski definition) is 3. The second-order valence-electron chi connectivity index (χ2n) is 6.96. The number of aromatic nitrogens is 1. The van der Waals surface area contributed by atoms with Crippen molar-refractivity contribution in [3.05, 3.63) is 53.7 Å². The van der Waals surface area contributed by atoms with E-state index in [9.17, 15) is 9.59 Å². The van der Waals surface area contributed by atoms with Crippen LogP contribution in [0, 0.1) is 11.3 Å². The number of carbonyl (C=O) groups is 2. The maximum atomic E-state index is 12.8. The number of rotatable bonds is 6. The van der Waals surface area contributed by atoms with Crippen molar-refractivity contribution in [2.24, 2.45) is 11.7 Å². The molecule has 4 N–H and O–H groups in total. The zero-order valence-corrected chi connectivity index (χ0v) is 17.0. The molecule has 1 fully saturated rings. The van der Waals surface area contributed by atoms with E-state index in [4.69, 9.17) is 15.9 Å². The first-order valence-corrected chi connectivity index (χ1v) is 9.23. The molecule has 7 nitrogen and oxygen atoms in total. The Kier molecular flexibility index (Phi) is 7.87. The minimum absolute atomic E-state index is 0. The van der Waals surface area contributed by atoms with Crippen molar-refractivity contribution in [1.29, 1.82) is 5.41 Å². The molecular weight excluding hydrogens is 392 g/mol. The maximum Gasteiger partial charge on any atom is 0.305 e. The molecule has 2 atom stereocenters. The maximum absolute atomic E-state index is 12.8. The van der Waals surface area contributed by atoms with Crippen molar-refractivity contribution in [2.75, 3.05) is 13.7 Å². The number of benzene rings is 1. The molecule has 1 aliphatic rings. The van der Waals surface area contributed by atoms with Crippen LogP contribution in [0.3, 0.4) is 0 Å². The second-order valence-corrected chi connectivity index (χ2v) is 6.96. The van der Waals surface area contributed by atoms with Gasteiger partial charge in [0, 0.05) is 29.3 Å². The summed E-state index contributed by atoms with van der Waals surface area (Å²) in [6.07, 6.45) is 3.40. The van der Waals surface area contributed by atoms with Crippen molar-refractivity contribution in [3.8, 4) is 11.3 Å². The lowest BCUT2D eigenvalue weighted by atomic mass is 9.86. The average Bonchev–Trinajstić information content (AvgIpc) is 2.73. The molecule has 3 rings (SSSR count). The highest BCUT2D eigenvalue weighted by molar-refractivity contribution is 6.00. The second kappa shape index (κ2) is 10.1. The number of nitrogen functional groups attached to an aromatic ring is 1. The van der Waals surface area contributed by atoms with E-state index >= 15 is 0 Å². The standard InChI is InChI=1S/C21H24N4O3.ClH/c1-28-19(26)11-13-8-9-24-18(10-13)20(27)15-4-2-14(3-5-15)17-7-6-16(12-25-17)21(22)23;/h2-7,12-13,18,24H,8-11H2,1H3,(H3,22,23);1H. The number of nitrogens with zero attached hydrogens (tertiary/aromatic N) is 1. The smallest absolute Gasteiger partial charge is 0.305 e. The summed E-state index contributed by atoms with van der Waals surface area (Å²) in [5.74, 6) is -0.0665. The van der Waals surface area contributed by atoms with Gasteiger partial charge in [0.1, 0.15) is 5.84 Å². The molecule has 0 amide bonds. The number of ether oxygens (including phenoxy) is 1. The fourth-order valence-electron chi connectivity index (χ4n) is 3.43. The van der Waals surface area contributed by atoms with Gasteiger partial charge in [0.2, 0.25) is 0 Å². The van der Waals surface area contributed by atoms with Gasteiger partial charge in [-0.05, 0) is 37.4 Å². The highest BCUT2D eigenvalue weighted by Gasteiger charge is 2.29. The Labute approximate surface area is 176 Å². The predicted molar refractivity (Wildman–Crippen MR) is 113 cm³/mol. The largest absolute Gasteiger partial charge is 0.469 e. The van der Waals surface area contributed by atoms with Gasteiger partial charge >= 0.3 is 5.97 Å². The number of carbonyl (C=O) groups excluding carboxylic acids is 2. The van der Waals surface area contributed by atoms with Crippen LogP contribution in [0.15, 0.2) is 42.6 Å². The molecule has 1 saturated heterocycles. The lowest BCUT2D eigenvalue weighted by Crippen LogP contribution is -2.44. The molecule has 2 heterocycles. The molecule has 154 valence electrons. The molecule has 8 heteroatoms. The number of hydrogen-bond acceptors (Lipinski definition) is 6. The fraction of sp³-hybridized carbons (Fsp3) is 0.333. The molecule has 0 aliphatic carbocycles. The van der Waals surface area contributed by atoms with Crippen LogP contribution in [0.2, 0.25) is 0 Å². The third-order valence-corrected chi connectivity index (χ3v) is 5.05. The first kappa shape index (κ1) is 22.5. The van der Waals surface area contributed by atoms with E-state index in [-0.39, 0.29) is 42.0 Å². The normalized spacial score (nSPS) is 18.4. The van der Waals surface area contributed by atoms with Gasteiger partial charge < -0.3 is 15.8 Å². The van der Waals surface area contributed by atoms with Gasteiger partial charge in [-0.15, -0.1) is 12.4 Å². The molecule has 1 aliphatic heterocycles. The Hall–Kier alpha value is -2.77. The lowest BCUT2D eigenvalue weighted by Gasteiger charge is -2.29. The monoisotopic (exact) mass is 416 g/mol. The van der Waals surface area contributed by atoms with Crippen molar-refractivity contribution in [2.45, 2.75) is 25.3 Å². The van der Waals surface area contributed by atoms with Gasteiger partial charge in [-0.25, -0.2) is 0 Å². The summed E-state index contributed by atoms with van der Waals surface area (Å²) in [5, 5.41) is 10.7. The molecule has 0 spiro atoms. The molecule has 2 aromatic rings. The number of amidine groups is 1. The van der Waals surface area contributed by atoms with Crippen molar-refractivity contribution >= 4 is 30.0 Å². The number of piperidine rings is 1. The Morgan fingerprint density at radius 3 is 2.48 bits per heavy atom. The van der Waals surface area contributed by atoms with Gasteiger partial charge in [-0.1, -0.05) is 24.3 Å². The summed E-state index contributed by atoms with van der Waals surface area (Å²) in [6, 6.07) is 10.6. The van der Waals surface area contributed by atoms with E-state index in [1.165, 1.54) is 7.11 Å². The third-order valence-electron chi connectivity index (χ3n) is 5.05. The van der Waals surface area contributed by atoms with Crippen LogP contribution in [0.25, 0.3) is 11.3 Å². The number of methoxy groups -OCH3 is 1. The number of Topliss-reactive ketones (excluding diaryl/α,β-unsaturated/α-hetero) is 1. The summed E-state index contributed by atoms with van der Waals surface area (Å²) >= 11 is 0. The minimum atomic E-state index is -0.290. The highest BCUT2D eigenvalue weighted by atomic mass is 35.5. The van der Waals surface area contributed by atoms with Crippen LogP contribution in [0.1, 0.15) is 35.2 Å². The topological polar surface area (TPSA) is 118 Å². The van der Waals surface area contributed by atoms with E-state index < -0.39 is 0 Å². The van der Waals surface area contributed by atoms with Crippen LogP contribution in [-0.2, 0) is 9.53 Å². The zero-order valence-electron chi connectivity index (χ0n) is 16.2. The summed E-state index contributed by atoms with van der Waals surface area (Å²) in [5.41, 5.74) is 8.27. The van der Waals surface area contributed by atoms with Gasteiger partial charge in [-0.2, -0.15) is 0 Å². The van der Waals surface area contributed by atoms with E-state index in [2.05, 4.69) is 10.3 Å². The van der Waals surface area contributed by atoms with Crippen LogP contribution in [0.4, 0.5) is 0 Å². The average molecular weight is 417 g/mol. The Bertz CT molecular complexity index is 868. The Morgan fingerprint density at radius 2 is 1.90 bits per heavy atom. The summed E-state index contributed by atoms with van der Waals surface area (Å²) in [6.45, 7) is 0.711.